The van der Waals surface area contributed by atoms with Crippen LogP contribution in [0.4, 0.5) is 0 Å². The van der Waals surface area contributed by atoms with Crippen molar-refractivity contribution in [3.8, 4) is 0 Å². The number of hydrogen-bond donors (Lipinski definition) is 1. The van der Waals surface area contributed by atoms with Crippen LogP contribution < -0.4 is 5.32 Å². The van der Waals surface area contributed by atoms with Gasteiger partial charge < -0.3 is 15.0 Å². The van der Waals surface area contributed by atoms with Crippen molar-refractivity contribution in [3.05, 3.63) is 12.7 Å². The molecule has 1 rings (SSSR count). The Balaban J connectivity index is 2.17. The Morgan fingerprint density at radius 1 is 1.61 bits per heavy atom. The molecular formula is C14H26N2O2. The summed E-state index contributed by atoms with van der Waals surface area (Å²) in [6, 6.07) is 0. The molecule has 104 valence electrons. The van der Waals surface area contributed by atoms with Gasteiger partial charge in [0.25, 0.3) is 0 Å². The number of amides is 1. The van der Waals surface area contributed by atoms with Gasteiger partial charge in [-0.2, -0.15) is 0 Å². The maximum atomic E-state index is 12.0. The largest absolute Gasteiger partial charge is 0.377 e. The van der Waals surface area contributed by atoms with Crippen LogP contribution in [0.2, 0.25) is 0 Å². The zero-order valence-corrected chi connectivity index (χ0v) is 11.5. The number of nitrogens with zero attached hydrogens (tertiary/aromatic N) is 1. The lowest BCUT2D eigenvalue weighted by Crippen LogP contribution is -2.42. The van der Waals surface area contributed by atoms with Gasteiger partial charge in [-0.3, -0.25) is 4.79 Å². The van der Waals surface area contributed by atoms with Gasteiger partial charge in [-0.1, -0.05) is 6.08 Å². The summed E-state index contributed by atoms with van der Waals surface area (Å²) in [4.78, 5) is 14.0. The van der Waals surface area contributed by atoms with Crippen LogP contribution in [0, 0.1) is 5.92 Å². The first-order chi connectivity index (χ1) is 8.77. The van der Waals surface area contributed by atoms with Crippen LogP contribution in [0.3, 0.4) is 0 Å². The second-order valence-electron chi connectivity index (χ2n) is 4.87. The number of ether oxygens (including phenoxy) is 1. The summed E-state index contributed by atoms with van der Waals surface area (Å²) in [7, 11) is 1.97. The number of carbonyl (C=O) groups is 1. The van der Waals surface area contributed by atoms with Crippen molar-refractivity contribution in [2.75, 3.05) is 39.9 Å². The van der Waals surface area contributed by atoms with Gasteiger partial charge in [0, 0.05) is 26.1 Å². The molecule has 0 bridgehead atoms. The summed E-state index contributed by atoms with van der Waals surface area (Å²) in [6.45, 7) is 7.64. The van der Waals surface area contributed by atoms with E-state index in [1.807, 2.05) is 11.9 Å². The molecule has 0 spiro atoms. The lowest BCUT2D eigenvalue weighted by Gasteiger charge is -2.32. The van der Waals surface area contributed by atoms with E-state index in [2.05, 4.69) is 11.9 Å². The molecular weight excluding hydrogens is 228 g/mol. The van der Waals surface area contributed by atoms with Crippen molar-refractivity contribution in [3.63, 3.8) is 0 Å². The molecule has 1 amide bonds. The first kappa shape index (κ1) is 15.2. The normalized spacial score (nSPS) is 19.8. The van der Waals surface area contributed by atoms with Gasteiger partial charge in [0.2, 0.25) is 5.91 Å². The highest BCUT2D eigenvalue weighted by molar-refractivity contribution is 5.76. The third kappa shape index (κ3) is 5.65. The van der Waals surface area contributed by atoms with E-state index in [0.29, 0.717) is 25.6 Å². The van der Waals surface area contributed by atoms with E-state index in [9.17, 15) is 4.79 Å². The maximum Gasteiger partial charge on any atom is 0.222 e. The summed E-state index contributed by atoms with van der Waals surface area (Å²) in [5.41, 5.74) is 0. The molecule has 4 heteroatoms. The number of hydrogen-bond acceptors (Lipinski definition) is 3. The van der Waals surface area contributed by atoms with Gasteiger partial charge in [-0.25, -0.2) is 0 Å². The highest BCUT2D eigenvalue weighted by atomic mass is 16.5. The molecule has 18 heavy (non-hydrogen) atoms. The van der Waals surface area contributed by atoms with Crippen molar-refractivity contribution in [1.82, 2.24) is 10.2 Å². The minimum atomic E-state index is 0.276. The SMILES string of the molecule is C=CCOCCCC(=O)N1CCCC(CNC)C1. The van der Waals surface area contributed by atoms with E-state index >= 15 is 0 Å². The first-order valence-corrected chi connectivity index (χ1v) is 6.89. The highest BCUT2D eigenvalue weighted by Gasteiger charge is 2.22. The summed E-state index contributed by atoms with van der Waals surface area (Å²) >= 11 is 0. The molecule has 1 N–H and O–H groups in total. The van der Waals surface area contributed by atoms with E-state index in [-0.39, 0.29) is 5.91 Å². The molecule has 1 aliphatic rings. The summed E-state index contributed by atoms with van der Waals surface area (Å²) in [5, 5.41) is 3.20. The molecule has 1 heterocycles. The first-order valence-electron chi connectivity index (χ1n) is 6.89. The van der Waals surface area contributed by atoms with Crippen LogP contribution in [0.5, 0.6) is 0 Å². The molecule has 0 radical (unpaired) electrons. The van der Waals surface area contributed by atoms with Crippen molar-refractivity contribution in [2.45, 2.75) is 25.7 Å². The van der Waals surface area contributed by atoms with Gasteiger partial charge in [0.1, 0.15) is 0 Å². The molecule has 0 aromatic heterocycles. The fourth-order valence-corrected chi connectivity index (χ4v) is 2.40. The maximum absolute atomic E-state index is 12.0. The zero-order valence-electron chi connectivity index (χ0n) is 11.5. The monoisotopic (exact) mass is 254 g/mol. The lowest BCUT2D eigenvalue weighted by atomic mass is 9.97. The highest BCUT2D eigenvalue weighted by Crippen LogP contribution is 2.16. The van der Waals surface area contributed by atoms with Gasteiger partial charge in [-0.15, -0.1) is 6.58 Å². The zero-order chi connectivity index (χ0) is 13.2. The van der Waals surface area contributed by atoms with Crippen LogP contribution in [-0.2, 0) is 9.53 Å². The standard InChI is InChI=1S/C14H26N2O2/c1-3-9-18-10-5-7-14(17)16-8-4-6-13(12-16)11-15-2/h3,13,15H,1,4-12H2,2H3. The van der Waals surface area contributed by atoms with Crippen LogP contribution in [0.15, 0.2) is 12.7 Å². The predicted octanol–water partition coefficient (Wildman–Crippen LogP) is 1.43. The van der Waals surface area contributed by atoms with Crippen LogP contribution in [0.25, 0.3) is 0 Å². The number of likely N-dealkylation sites (tertiary alicyclic amines) is 1. The lowest BCUT2D eigenvalue weighted by molar-refractivity contribution is -0.133. The minimum absolute atomic E-state index is 0.276. The average molecular weight is 254 g/mol. The fraction of sp³-hybridized carbons (Fsp3) is 0.786. The van der Waals surface area contributed by atoms with Crippen LogP contribution >= 0.6 is 0 Å². The smallest absolute Gasteiger partial charge is 0.222 e. The molecule has 0 aliphatic carbocycles. The number of carbonyl (C=O) groups excluding carboxylic acids is 1. The topological polar surface area (TPSA) is 41.6 Å². The Bertz CT molecular complexity index is 254. The van der Waals surface area contributed by atoms with E-state index in [0.717, 1.165) is 32.5 Å². The van der Waals surface area contributed by atoms with Gasteiger partial charge in [0.05, 0.1) is 6.61 Å². The molecule has 4 nitrogen and oxygen atoms in total. The number of nitrogens with one attached hydrogen (secondary N) is 1. The molecule has 1 atom stereocenters. The summed E-state index contributed by atoms with van der Waals surface area (Å²) in [6.07, 6.45) is 5.50. The number of rotatable bonds is 8. The predicted molar refractivity (Wildman–Crippen MR) is 73.5 cm³/mol. The van der Waals surface area contributed by atoms with Crippen molar-refractivity contribution in [2.24, 2.45) is 5.92 Å². The molecule has 0 aromatic rings. The molecule has 1 unspecified atom stereocenters. The third-order valence-electron chi connectivity index (χ3n) is 3.28. The number of piperidine rings is 1. The van der Waals surface area contributed by atoms with Crippen LogP contribution in [-0.4, -0.2) is 50.7 Å². The quantitative estimate of drug-likeness (QED) is 0.526. The Labute approximate surface area is 110 Å². The molecule has 1 saturated heterocycles. The fourth-order valence-electron chi connectivity index (χ4n) is 2.40. The van der Waals surface area contributed by atoms with E-state index in [1.165, 1.54) is 6.42 Å². The van der Waals surface area contributed by atoms with Crippen molar-refractivity contribution >= 4 is 5.91 Å². The third-order valence-corrected chi connectivity index (χ3v) is 3.28. The van der Waals surface area contributed by atoms with Crippen molar-refractivity contribution < 1.29 is 9.53 Å². The van der Waals surface area contributed by atoms with Crippen molar-refractivity contribution in [1.29, 1.82) is 0 Å². The summed E-state index contributed by atoms with van der Waals surface area (Å²) < 4.78 is 5.28. The average Bonchev–Trinajstić information content (AvgIpc) is 2.39. The van der Waals surface area contributed by atoms with Gasteiger partial charge in [0.15, 0.2) is 0 Å². The van der Waals surface area contributed by atoms with E-state index in [4.69, 9.17) is 4.74 Å². The second-order valence-corrected chi connectivity index (χ2v) is 4.87. The minimum Gasteiger partial charge on any atom is -0.377 e. The van der Waals surface area contributed by atoms with Gasteiger partial charge >= 0.3 is 0 Å². The molecule has 1 aliphatic heterocycles. The molecule has 0 aromatic carbocycles. The molecule has 1 fully saturated rings. The van der Waals surface area contributed by atoms with E-state index in [1.54, 1.807) is 6.08 Å². The van der Waals surface area contributed by atoms with E-state index < -0.39 is 0 Å². The Hall–Kier alpha value is -0.870. The van der Waals surface area contributed by atoms with Crippen LogP contribution in [0.1, 0.15) is 25.7 Å². The Morgan fingerprint density at radius 2 is 2.44 bits per heavy atom. The Morgan fingerprint density at radius 3 is 3.17 bits per heavy atom. The molecule has 0 saturated carbocycles. The Kier molecular flexibility index (Phi) is 7.69. The van der Waals surface area contributed by atoms with Gasteiger partial charge in [-0.05, 0) is 38.8 Å². The summed E-state index contributed by atoms with van der Waals surface area (Å²) in [5.74, 6) is 0.891. The second kappa shape index (κ2) is 9.11.